The first-order valence-corrected chi connectivity index (χ1v) is 8.71. The van der Waals surface area contributed by atoms with Crippen molar-refractivity contribution in [3.05, 3.63) is 51.2 Å². The molecular formula is C17H17ClN2O2S. The van der Waals surface area contributed by atoms with E-state index in [4.69, 9.17) is 11.6 Å². The highest BCUT2D eigenvalue weighted by atomic mass is 35.5. The molecular weight excluding hydrogens is 332 g/mol. The first-order valence-electron chi connectivity index (χ1n) is 7.45. The molecule has 2 amide bonds. The fourth-order valence-corrected chi connectivity index (χ4v) is 3.22. The van der Waals surface area contributed by atoms with Crippen LogP contribution in [0.1, 0.15) is 28.6 Å². The predicted molar refractivity (Wildman–Crippen MR) is 92.8 cm³/mol. The largest absolute Gasteiger partial charge is 0.347 e. The van der Waals surface area contributed by atoms with E-state index in [1.165, 1.54) is 0 Å². The minimum absolute atomic E-state index is 0.00441. The van der Waals surface area contributed by atoms with Crippen LogP contribution in [0.3, 0.4) is 0 Å². The van der Waals surface area contributed by atoms with Gasteiger partial charge in [0.2, 0.25) is 5.91 Å². The second kappa shape index (κ2) is 6.72. The van der Waals surface area contributed by atoms with Crippen LogP contribution < -0.4 is 10.6 Å². The van der Waals surface area contributed by atoms with Crippen LogP contribution in [0, 0.1) is 11.8 Å². The fourth-order valence-electron chi connectivity index (χ4n) is 2.38. The summed E-state index contributed by atoms with van der Waals surface area (Å²) in [6, 6.07) is 8.86. The standard InChI is InChI=1S/C17H17ClN2O2S/c1-10-7-13(10)17(22)20-11-4-5-15(18)14(8-11)16(21)19-9-12-3-2-6-23-12/h2-6,8,10,13H,7,9H2,1H3,(H,19,21)(H,20,22). The minimum atomic E-state index is -0.251. The summed E-state index contributed by atoms with van der Waals surface area (Å²) in [5, 5.41) is 8.02. The third-order valence-electron chi connectivity index (χ3n) is 3.93. The molecule has 23 heavy (non-hydrogen) atoms. The number of rotatable bonds is 5. The Balaban J connectivity index is 1.67. The molecule has 1 aliphatic rings. The summed E-state index contributed by atoms with van der Waals surface area (Å²) < 4.78 is 0. The molecule has 2 aromatic rings. The van der Waals surface area contributed by atoms with Crippen molar-refractivity contribution < 1.29 is 9.59 Å². The van der Waals surface area contributed by atoms with Crippen LogP contribution in [0.4, 0.5) is 5.69 Å². The van der Waals surface area contributed by atoms with Crippen molar-refractivity contribution in [2.45, 2.75) is 19.9 Å². The summed E-state index contributed by atoms with van der Waals surface area (Å²) in [6.45, 7) is 2.51. The Labute approximate surface area is 143 Å². The number of nitrogens with one attached hydrogen (secondary N) is 2. The van der Waals surface area contributed by atoms with Crippen molar-refractivity contribution >= 4 is 40.4 Å². The Morgan fingerprint density at radius 3 is 2.78 bits per heavy atom. The summed E-state index contributed by atoms with van der Waals surface area (Å²) >= 11 is 7.70. The van der Waals surface area contributed by atoms with E-state index in [-0.39, 0.29) is 17.7 Å². The summed E-state index contributed by atoms with van der Waals surface area (Å²) in [4.78, 5) is 25.4. The van der Waals surface area contributed by atoms with E-state index in [1.54, 1.807) is 29.5 Å². The van der Waals surface area contributed by atoms with Crippen LogP contribution in [-0.4, -0.2) is 11.8 Å². The maximum Gasteiger partial charge on any atom is 0.253 e. The number of hydrogen-bond acceptors (Lipinski definition) is 3. The fraction of sp³-hybridized carbons (Fsp3) is 0.294. The molecule has 2 N–H and O–H groups in total. The molecule has 0 bridgehead atoms. The zero-order valence-electron chi connectivity index (χ0n) is 12.6. The van der Waals surface area contributed by atoms with Crippen LogP contribution >= 0.6 is 22.9 Å². The third kappa shape index (κ3) is 3.92. The number of hydrogen-bond donors (Lipinski definition) is 2. The molecule has 1 saturated carbocycles. The van der Waals surface area contributed by atoms with E-state index >= 15 is 0 Å². The molecule has 2 unspecified atom stereocenters. The highest BCUT2D eigenvalue weighted by molar-refractivity contribution is 7.09. The van der Waals surface area contributed by atoms with E-state index in [0.29, 0.717) is 28.7 Å². The minimum Gasteiger partial charge on any atom is -0.347 e. The highest BCUT2D eigenvalue weighted by Crippen LogP contribution is 2.38. The Bertz CT molecular complexity index is 730. The van der Waals surface area contributed by atoms with Crippen LogP contribution in [0.5, 0.6) is 0 Å². The molecule has 1 fully saturated rings. The molecule has 1 aliphatic carbocycles. The Morgan fingerprint density at radius 1 is 1.35 bits per heavy atom. The second-order valence-electron chi connectivity index (χ2n) is 5.77. The average Bonchev–Trinajstić information content (AvgIpc) is 3.05. The van der Waals surface area contributed by atoms with Crippen molar-refractivity contribution in [1.29, 1.82) is 0 Å². The molecule has 0 saturated heterocycles. The number of carbonyl (C=O) groups is 2. The van der Waals surface area contributed by atoms with E-state index < -0.39 is 0 Å². The lowest BCUT2D eigenvalue weighted by atomic mass is 10.1. The van der Waals surface area contributed by atoms with Gasteiger partial charge in [0.1, 0.15) is 0 Å². The molecule has 6 heteroatoms. The number of anilines is 1. The lowest BCUT2D eigenvalue weighted by Crippen LogP contribution is -2.23. The third-order valence-corrected chi connectivity index (χ3v) is 5.13. The van der Waals surface area contributed by atoms with Gasteiger partial charge in [-0.05, 0) is 42.0 Å². The lowest BCUT2D eigenvalue weighted by Gasteiger charge is -2.09. The number of benzene rings is 1. The maximum atomic E-state index is 12.3. The first-order chi connectivity index (χ1) is 11.0. The molecule has 120 valence electrons. The van der Waals surface area contributed by atoms with E-state index in [0.717, 1.165) is 11.3 Å². The molecule has 0 spiro atoms. The number of halogens is 1. The summed E-state index contributed by atoms with van der Waals surface area (Å²) in [5.74, 6) is 0.279. The van der Waals surface area contributed by atoms with Crippen LogP contribution in [-0.2, 0) is 11.3 Å². The molecule has 1 aromatic carbocycles. The maximum absolute atomic E-state index is 12.3. The summed E-state index contributed by atoms with van der Waals surface area (Å²) in [5.41, 5.74) is 0.963. The van der Waals surface area contributed by atoms with Gasteiger partial charge in [-0.25, -0.2) is 0 Å². The van der Waals surface area contributed by atoms with Crippen molar-refractivity contribution in [1.82, 2.24) is 5.32 Å². The first kappa shape index (κ1) is 16.0. The average molecular weight is 349 g/mol. The smallest absolute Gasteiger partial charge is 0.253 e. The van der Waals surface area contributed by atoms with Gasteiger partial charge in [-0.15, -0.1) is 11.3 Å². The number of thiophene rings is 1. The van der Waals surface area contributed by atoms with Gasteiger partial charge in [0.15, 0.2) is 0 Å². The van der Waals surface area contributed by atoms with Gasteiger partial charge < -0.3 is 10.6 Å². The van der Waals surface area contributed by atoms with E-state index in [1.807, 2.05) is 17.5 Å². The van der Waals surface area contributed by atoms with Gasteiger partial charge in [-0.1, -0.05) is 24.6 Å². The molecule has 4 nitrogen and oxygen atoms in total. The molecule has 1 heterocycles. The second-order valence-corrected chi connectivity index (χ2v) is 7.20. The lowest BCUT2D eigenvalue weighted by molar-refractivity contribution is -0.117. The summed E-state index contributed by atoms with van der Waals surface area (Å²) in [6.07, 6.45) is 0.924. The molecule has 3 rings (SSSR count). The highest BCUT2D eigenvalue weighted by Gasteiger charge is 2.39. The molecule has 2 atom stereocenters. The van der Waals surface area contributed by atoms with Gasteiger partial charge in [0, 0.05) is 16.5 Å². The van der Waals surface area contributed by atoms with E-state index in [2.05, 4.69) is 17.6 Å². The van der Waals surface area contributed by atoms with Crippen molar-refractivity contribution in [3.8, 4) is 0 Å². The van der Waals surface area contributed by atoms with Gasteiger partial charge in [-0.3, -0.25) is 9.59 Å². The zero-order valence-corrected chi connectivity index (χ0v) is 14.2. The Kier molecular flexibility index (Phi) is 4.68. The quantitative estimate of drug-likeness (QED) is 0.860. The van der Waals surface area contributed by atoms with Crippen LogP contribution in [0.2, 0.25) is 5.02 Å². The van der Waals surface area contributed by atoms with Crippen molar-refractivity contribution in [2.24, 2.45) is 11.8 Å². The normalized spacial score (nSPS) is 19.2. The molecule has 0 radical (unpaired) electrons. The van der Waals surface area contributed by atoms with E-state index in [9.17, 15) is 9.59 Å². The SMILES string of the molecule is CC1CC1C(=O)Nc1ccc(Cl)c(C(=O)NCc2cccs2)c1. The van der Waals surface area contributed by atoms with Crippen molar-refractivity contribution in [2.75, 3.05) is 5.32 Å². The van der Waals surface area contributed by atoms with Crippen LogP contribution in [0.25, 0.3) is 0 Å². The Morgan fingerprint density at radius 2 is 2.13 bits per heavy atom. The molecule has 0 aliphatic heterocycles. The Hall–Kier alpha value is -1.85. The monoisotopic (exact) mass is 348 g/mol. The van der Waals surface area contributed by atoms with Gasteiger partial charge in [-0.2, -0.15) is 0 Å². The van der Waals surface area contributed by atoms with Gasteiger partial charge >= 0.3 is 0 Å². The van der Waals surface area contributed by atoms with Gasteiger partial charge in [0.25, 0.3) is 5.91 Å². The van der Waals surface area contributed by atoms with Gasteiger partial charge in [0.05, 0.1) is 17.1 Å². The summed E-state index contributed by atoms with van der Waals surface area (Å²) in [7, 11) is 0. The number of amides is 2. The van der Waals surface area contributed by atoms with Crippen molar-refractivity contribution in [3.63, 3.8) is 0 Å². The zero-order chi connectivity index (χ0) is 16.4. The number of carbonyl (C=O) groups excluding carboxylic acids is 2. The predicted octanol–water partition coefficient (Wildman–Crippen LogP) is 3.93. The molecule has 1 aromatic heterocycles. The van der Waals surface area contributed by atoms with Crippen LogP contribution in [0.15, 0.2) is 35.7 Å². The topological polar surface area (TPSA) is 58.2 Å².